The molecule has 0 aliphatic carbocycles. The number of halogens is 4. The number of benzene rings is 2. The Hall–Kier alpha value is -1.89. The van der Waals surface area contributed by atoms with Crippen LogP contribution in [0.3, 0.4) is 0 Å². The molecule has 20 heavy (non-hydrogen) atoms. The summed E-state index contributed by atoms with van der Waals surface area (Å²) in [6.07, 6.45) is -4.56. The molecule has 0 N–H and O–H groups in total. The van der Waals surface area contributed by atoms with Crippen molar-refractivity contribution >= 4 is 9.84 Å². The lowest BCUT2D eigenvalue weighted by Crippen LogP contribution is -2.07. The van der Waals surface area contributed by atoms with Gasteiger partial charge < -0.3 is 0 Å². The number of sulfone groups is 1. The molecule has 0 atom stereocenters. The van der Waals surface area contributed by atoms with Crippen LogP contribution in [0.4, 0.5) is 17.6 Å². The summed E-state index contributed by atoms with van der Waals surface area (Å²) in [5, 5.41) is 0. The van der Waals surface area contributed by atoms with Crippen molar-refractivity contribution in [3.63, 3.8) is 0 Å². The van der Waals surface area contributed by atoms with Gasteiger partial charge in [0.1, 0.15) is 10.7 Å². The van der Waals surface area contributed by atoms with Gasteiger partial charge in [0.25, 0.3) is 0 Å². The highest BCUT2D eigenvalue weighted by atomic mass is 32.2. The van der Waals surface area contributed by atoms with Crippen molar-refractivity contribution in [1.29, 1.82) is 0 Å². The van der Waals surface area contributed by atoms with Gasteiger partial charge in [0.05, 0.1) is 10.5 Å². The van der Waals surface area contributed by atoms with Gasteiger partial charge in [-0.15, -0.1) is 0 Å². The lowest BCUT2D eigenvalue weighted by Gasteiger charge is -2.09. The van der Waals surface area contributed by atoms with Crippen LogP contribution in [0.1, 0.15) is 5.56 Å². The summed E-state index contributed by atoms with van der Waals surface area (Å²) in [6.45, 7) is 0. The normalized spacial score (nSPS) is 12.4. The highest BCUT2D eigenvalue weighted by Crippen LogP contribution is 2.31. The van der Waals surface area contributed by atoms with Crippen LogP contribution in [0, 0.1) is 5.82 Å². The van der Waals surface area contributed by atoms with E-state index in [4.69, 9.17) is 0 Å². The van der Waals surface area contributed by atoms with E-state index in [-0.39, 0.29) is 0 Å². The molecule has 0 spiro atoms. The van der Waals surface area contributed by atoms with Gasteiger partial charge >= 0.3 is 6.18 Å². The van der Waals surface area contributed by atoms with Crippen molar-refractivity contribution < 1.29 is 26.0 Å². The van der Waals surface area contributed by atoms with Gasteiger partial charge in [0.15, 0.2) is 0 Å². The first-order valence-corrected chi connectivity index (χ1v) is 6.88. The van der Waals surface area contributed by atoms with Gasteiger partial charge in [-0.25, -0.2) is 12.8 Å². The van der Waals surface area contributed by atoms with Gasteiger partial charge in [0, 0.05) is 0 Å². The van der Waals surface area contributed by atoms with Crippen molar-refractivity contribution in [2.24, 2.45) is 0 Å². The second-order valence-corrected chi connectivity index (χ2v) is 5.87. The molecule has 0 heterocycles. The van der Waals surface area contributed by atoms with Crippen molar-refractivity contribution in [3.8, 4) is 0 Å². The molecule has 0 aliphatic rings. The van der Waals surface area contributed by atoms with Crippen molar-refractivity contribution in [3.05, 3.63) is 59.9 Å². The third-order valence-corrected chi connectivity index (χ3v) is 4.42. The lowest BCUT2D eigenvalue weighted by molar-refractivity contribution is -0.137. The summed E-state index contributed by atoms with van der Waals surface area (Å²) in [6, 6.07) is 7.59. The summed E-state index contributed by atoms with van der Waals surface area (Å²) in [5.41, 5.74) is -0.968. The highest BCUT2D eigenvalue weighted by molar-refractivity contribution is 7.91. The van der Waals surface area contributed by atoms with Crippen LogP contribution in [0.15, 0.2) is 58.3 Å². The maximum Gasteiger partial charge on any atom is 0.416 e. The third kappa shape index (κ3) is 2.67. The Morgan fingerprint density at radius 2 is 1.40 bits per heavy atom. The second-order valence-electron chi connectivity index (χ2n) is 3.96. The van der Waals surface area contributed by atoms with Crippen LogP contribution in [-0.2, 0) is 16.0 Å². The Morgan fingerprint density at radius 3 is 1.90 bits per heavy atom. The van der Waals surface area contributed by atoms with E-state index in [1.54, 1.807) is 0 Å². The van der Waals surface area contributed by atoms with Gasteiger partial charge in [-0.1, -0.05) is 12.1 Å². The predicted molar refractivity (Wildman–Crippen MR) is 63.3 cm³/mol. The Bertz CT molecular complexity index is 719. The minimum absolute atomic E-state index is 0.393. The largest absolute Gasteiger partial charge is 0.416 e. The van der Waals surface area contributed by atoms with E-state index >= 15 is 0 Å². The molecule has 2 rings (SSSR count). The van der Waals surface area contributed by atoms with E-state index in [0.717, 1.165) is 24.3 Å². The first-order chi connectivity index (χ1) is 9.23. The average molecular weight is 304 g/mol. The molecule has 0 radical (unpaired) electrons. The average Bonchev–Trinajstić information content (AvgIpc) is 2.38. The smallest absolute Gasteiger partial charge is 0.218 e. The fourth-order valence-corrected chi connectivity index (χ4v) is 2.94. The number of hydrogen-bond acceptors (Lipinski definition) is 2. The molecule has 0 saturated heterocycles. The monoisotopic (exact) mass is 304 g/mol. The van der Waals surface area contributed by atoms with E-state index < -0.39 is 37.2 Å². The van der Waals surface area contributed by atoms with Crippen LogP contribution in [0.25, 0.3) is 0 Å². The maximum atomic E-state index is 13.5. The molecule has 0 unspecified atom stereocenters. The molecule has 0 fully saturated rings. The molecule has 0 aliphatic heterocycles. The van der Waals surface area contributed by atoms with Crippen LogP contribution < -0.4 is 0 Å². The predicted octanol–water partition coefficient (Wildman–Crippen LogP) is 3.68. The molecule has 0 amide bonds. The Balaban J connectivity index is 2.49. The van der Waals surface area contributed by atoms with Crippen LogP contribution >= 0.6 is 0 Å². The molecule has 0 saturated carbocycles. The van der Waals surface area contributed by atoms with Crippen molar-refractivity contribution in [1.82, 2.24) is 0 Å². The van der Waals surface area contributed by atoms with E-state index in [9.17, 15) is 26.0 Å². The molecule has 2 aromatic carbocycles. The van der Waals surface area contributed by atoms with Crippen LogP contribution in [0.5, 0.6) is 0 Å². The minimum atomic E-state index is -4.56. The molecule has 106 valence electrons. The standard InChI is InChI=1S/C13H8F4O2S/c14-11-3-1-2-4-12(11)20(18,19)10-7-5-9(6-8-10)13(15,16)17/h1-8H. The molecule has 2 nitrogen and oxygen atoms in total. The van der Waals surface area contributed by atoms with Gasteiger partial charge in [-0.2, -0.15) is 13.2 Å². The highest BCUT2D eigenvalue weighted by Gasteiger charge is 2.31. The van der Waals surface area contributed by atoms with Crippen molar-refractivity contribution in [2.75, 3.05) is 0 Å². The molecular weight excluding hydrogens is 296 g/mol. The molecule has 0 bridgehead atoms. The molecule has 2 aromatic rings. The van der Waals surface area contributed by atoms with Crippen LogP contribution in [0.2, 0.25) is 0 Å². The van der Waals surface area contributed by atoms with E-state index in [0.29, 0.717) is 12.1 Å². The van der Waals surface area contributed by atoms with Gasteiger partial charge in [-0.3, -0.25) is 0 Å². The number of rotatable bonds is 2. The zero-order valence-corrected chi connectivity index (χ0v) is 10.7. The van der Waals surface area contributed by atoms with E-state index in [1.807, 2.05) is 0 Å². The Labute approximate surface area is 112 Å². The van der Waals surface area contributed by atoms with E-state index in [2.05, 4.69) is 0 Å². The Morgan fingerprint density at radius 1 is 0.850 bits per heavy atom. The summed E-state index contributed by atoms with van der Waals surface area (Å²) < 4.78 is 74.9. The van der Waals surface area contributed by atoms with Crippen LogP contribution in [-0.4, -0.2) is 8.42 Å². The second kappa shape index (κ2) is 4.90. The first-order valence-electron chi connectivity index (χ1n) is 5.40. The Kier molecular flexibility index (Phi) is 3.56. The summed E-state index contributed by atoms with van der Waals surface area (Å²) >= 11 is 0. The number of hydrogen-bond donors (Lipinski definition) is 0. The topological polar surface area (TPSA) is 34.1 Å². The lowest BCUT2D eigenvalue weighted by atomic mass is 10.2. The molecule has 0 aromatic heterocycles. The van der Waals surface area contributed by atoms with Gasteiger partial charge in [0.2, 0.25) is 9.84 Å². The van der Waals surface area contributed by atoms with Gasteiger partial charge in [-0.05, 0) is 36.4 Å². The third-order valence-electron chi connectivity index (χ3n) is 2.62. The summed E-state index contributed by atoms with van der Waals surface area (Å²) in [5.74, 6) is -0.951. The molecule has 7 heteroatoms. The van der Waals surface area contributed by atoms with Crippen molar-refractivity contribution in [2.45, 2.75) is 16.0 Å². The minimum Gasteiger partial charge on any atom is -0.218 e. The fraction of sp³-hybridized carbons (Fsp3) is 0.0769. The van der Waals surface area contributed by atoms with E-state index in [1.165, 1.54) is 12.1 Å². The SMILES string of the molecule is O=S(=O)(c1ccc(C(F)(F)F)cc1)c1ccccc1F. The summed E-state index contributed by atoms with van der Waals surface area (Å²) in [7, 11) is -4.17. The first kappa shape index (κ1) is 14.5. The number of alkyl halides is 3. The quantitative estimate of drug-likeness (QED) is 0.793. The molecular formula is C13H8F4O2S. The zero-order chi connectivity index (χ0) is 15.0. The summed E-state index contributed by atoms with van der Waals surface area (Å²) in [4.78, 5) is -0.963. The zero-order valence-electron chi connectivity index (χ0n) is 9.86. The maximum absolute atomic E-state index is 13.5. The fourth-order valence-electron chi connectivity index (χ4n) is 1.61.